The summed E-state index contributed by atoms with van der Waals surface area (Å²) in [4.78, 5) is 8.74. The van der Waals surface area contributed by atoms with E-state index in [2.05, 4.69) is 26.3 Å². The molecule has 0 aliphatic heterocycles. The van der Waals surface area contributed by atoms with Gasteiger partial charge in [-0.3, -0.25) is 0 Å². The Morgan fingerprint density at radius 1 is 0.969 bits per heavy atom. The maximum Gasteiger partial charge on any atom is 0.159 e. The van der Waals surface area contributed by atoms with Gasteiger partial charge in [0.25, 0.3) is 0 Å². The maximum atomic E-state index is 13.4. The van der Waals surface area contributed by atoms with E-state index in [0.717, 1.165) is 35.9 Å². The molecule has 4 N–H and O–H groups in total. The number of rotatable bonds is 6. The highest BCUT2D eigenvalue weighted by Gasteiger charge is 2.15. The molecule has 0 atom stereocenters. The van der Waals surface area contributed by atoms with Crippen LogP contribution in [0.4, 0.5) is 20.4 Å². The summed E-state index contributed by atoms with van der Waals surface area (Å²) >= 11 is 6.42. The van der Waals surface area contributed by atoms with E-state index in [4.69, 9.17) is 11.6 Å². The zero-order valence-electron chi connectivity index (χ0n) is 18.0. The van der Waals surface area contributed by atoms with Gasteiger partial charge in [0.2, 0.25) is 0 Å². The molecule has 0 saturated heterocycles. The molecule has 5 nitrogen and oxygen atoms in total. The predicted octanol–water partition coefficient (Wildman–Crippen LogP) is 6.01. The first-order valence-electron chi connectivity index (χ1n) is 10.7. The van der Waals surface area contributed by atoms with E-state index in [9.17, 15) is 8.78 Å². The molecule has 1 aromatic carbocycles. The second-order valence-corrected chi connectivity index (χ2v) is 7.97. The van der Waals surface area contributed by atoms with Crippen molar-refractivity contribution >= 4 is 23.2 Å². The largest absolute Gasteiger partial charge is 0.367 e. The zero-order chi connectivity index (χ0) is 22.9. The zero-order valence-corrected chi connectivity index (χ0v) is 18.8. The van der Waals surface area contributed by atoms with E-state index < -0.39 is 11.6 Å². The highest BCUT2D eigenvalue weighted by atomic mass is 35.5. The molecule has 3 aromatic rings. The van der Waals surface area contributed by atoms with Crippen molar-refractivity contribution in [2.45, 2.75) is 44.7 Å². The number of hydrogen-bond acceptors (Lipinski definition) is 5. The van der Waals surface area contributed by atoms with Crippen LogP contribution in [0.15, 0.2) is 48.8 Å². The van der Waals surface area contributed by atoms with Crippen molar-refractivity contribution in [3.63, 3.8) is 0 Å². The molecular weight excluding hydrogens is 432 g/mol. The summed E-state index contributed by atoms with van der Waals surface area (Å²) < 4.78 is 26.5. The van der Waals surface area contributed by atoms with Crippen LogP contribution < -0.4 is 16.4 Å². The smallest absolute Gasteiger partial charge is 0.159 e. The monoisotopic (exact) mass is 459 g/mol. The van der Waals surface area contributed by atoms with Crippen molar-refractivity contribution in [2.75, 3.05) is 17.7 Å². The standard InChI is InChI=1S/C23H23ClF2N4.CH5N/c24-19-14-29-23(30-17-4-2-1-3-5-17)12-18(19)16-8-9-27-22(11-16)28-13-15-6-7-20(25)21(26)10-15;1-2/h6-12,14,17H,1-5,13H2,(H,27,28)(H,29,30);2H2,1H3. The first kappa shape index (κ1) is 23.9. The molecule has 8 heteroatoms. The van der Waals surface area contributed by atoms with Crippen molar-refractivity contribution < 1.29 is 8.78 Å². The molecule has 0 bridgehead atoms. The van der Waals surface area contributed by atoms with Crippen LogP contribution in [0.5, 0.6) is 0 Å². The number of nitrogens with one attached hydrogen (secondary N) is 2. The predicted molar refractivity (Wildman–Crippen MR) is 127 cm³/mol. The van der Waals surface area contributed by atoms with Gasteiger partial charge >= 0.3 is 0 Å². The Morgan fingerprint density at radius 2 is 1.75 bits per heavy atom. The van der Waals surface area contributed by atoms with Crippen LogP contribution in [0.3, 0.4) is 0 Å². The van der Waals surface area contributed by atoms with Crippen LogP contribution in [-0.4, -0.2) is 23.1 Å². The van der Waals surface area contributed by atoms with Crippen LogP contribution in [-0.2, 0) is 6.54 Å². The minimum Gasteiger partial charge on any atom is -0.367 e. The summed E-state index contributed by atoms with van der Waals surface area (Å²) in [5.74, 6) is -0.289. The molecule has 1 aliphatic carbocycles. The number of hydrogen-bond donors (Lipinski definition) is 3. The fourth-order valence-corrected chi connectivity index (χ4v) is 3.94. The topological polar surface area (TPSA) is 75.9 Å². The van der Waals surface area contributed by atoms with Gasteiger partial charge in [-0.1, -0.05) is 36.9 Å². The summed E-state index contributed by atoms with van der Waals surface area (Å²) in [6.45, 7) is 0.326. The molecule has 0 radical (unpaired) electrons. The molecular formula is C24H28ClF2N5. The first-order valence-corrected chi connectivity index (χ1v) is 11.1. The molecule has 0 unspecified atom stereocenters. The molecule has 32 heavy (non-hydrogen) atoms. The van der Waals surface area contributed by atoms with Crippen LogP contribution in [0, 0.1) is 11.6 Å². The summed E-state index contributed by atoms with van der Waals surface area (Å²) in [6, 6.07) is 10.0. The number of benzene rings is 1. The number of pyridine rings is 2. The van der Waals surface area contributed by atoms with Gasteiger partial charge in [0, 0.05) is 30.5 Å². The Bertz CT molecular complexity index is 1030. The van der Waals surface area contributed by atoms with Crippen LogP contribution in [0.25, 0.3) is 11.1 Å². The minimum absolute atomic E-state index is 0.326. The van der Waals surface area contributed by atoms with Gasteiger partial charge in [0.15, 0.2) is 11.6 Å². The summed E-state index contributed by atoms with van der Waals surface area (Å²) in [5, 5.41) is 7.22. The van der Waals surface area contributed by atoms with E-state index in [1.54, 1.807) is 12.4 Å². The van der Waals surface area contributed by atoms with Crippen LogP contribution >= 0.6 is 11.6 Å². The Kier molecular flexibility index (Phi) is 8.76. The first-order chi connectivity index (χ1) is 15.6. The number of nitrogens with two attached hydrogens (primary N) is 1. The third kappa shape index (κ3) is 6.37. The molecule has 170 valence electrons. The molecule has 4 rings (SSSR count). The van der Waals surface area contributed by atoms with E-state index in [-0.39, 0.29) is 0 Å². The highest BCUT2D eigenvalue weighted by Crippen LogP contribution is 2.31. The van der Waals surface area contributed by atoms with Gasteiger partial charge < -0.3 is 16.4 Å². The molecule has 0 amide bonds. The lowest BCUT2D eigenvalue weighted by Crippen LogP contribution is -2.22. The number of anilines is 2. The van der Waals surface area contributed by atoms with Gasteiger partial charge in [0.1, 0.15) is 11.6 Å². The summed E-state index contributed by atoms with van der Waals surface area (Å²) in [5.41, 5.74) is 6.89. The lowest BCUT2D eigenvalue weighted by Gasteiger charge is -2.23. The SMILES string of the molecule is CN.Fc1ccc(CNc2cc(-c3cc(NC4CCCCC4)ncc3Cl)ccn2)cc1F. The Morgan fingerprint density at radius 3 is 2.50 bits per heavy atom. The van der Waals surface area contributed by atoms with Gasteiger partial charge in [0.05, 0.1) is 5.02 Å². The third-order valence-corrected chi connectivity index (χ3v) is 5.64. The fourth-order valence-electron chi connectivity index (χ4n) is 3.73. The minimum atomic E-state index is -0.863. The van der Waals surface area contributed by atoms with Gasteiger partial charge in [-0.15, -0.1) is 0 Å². The van der Waals surface area contributed by atoms with Crippen LogP contribution in [0.1, 0.15) is 37.7 Å². The Labute approximate surface area is 192 Å². The molecule has 2 aromatic heterocycles. The van der Waals surface area contributed by atoms with E-state index >= 15 is 0 Å². The quantitative estimate of drug-likeness (QED) is 0.421. The van der Waals surface area contributed by atoms with Crippen molar-refractivity contribution in [3.8, 4) is 11.1 Å². The molecule has 0 spiro atoms. The van der Waals surface area contributed by atoms with Crippen LogP contribution in [0.2, 0.25) is 5.02 Å². The molecule has 1 saturated carbocycles. The average molecular weight is 460 g/mol. The van der Waals surface area contributed by atoms with Crippen molar-refractivity contribution in [1.29, 1.82) is 0 Å². The Balaban J connectivity index is 0.00000141. The highest BCUT2D eigenvalue weighted by molar-refractivity contribution is 6.33. The van der Waals surface area contributed by atoms with E-state index in [1.807, 2.05) is 18.2 Å². The molecule has 2 heterocycles. The summed E-state index contributed by atoms with van der Waals surface area (Å²) in [6.07, 6.45) is 9.46. The lowest BCUT2D eigenvalue weighted by molar-refractivity contribution is 0.462. The normalized spacial score (nSPS) is 13.8. The van der Waals surface area contributed by atoms with Crippen molar-refractivity contribution in [2.24, 2.45) is 5.73 Å². The molecule has 1 fully saturated rings. The maximum absolute atomic E-state index is 13.4. The van der Waals surface area contributed by atoms with Gasteiger partial charge in [-0.2, -0.15) is 0 Å². The lowest BCUT2D eigenvalue weighted by atomic mass is 9.95. The van der Waals surface area contributed by atoms with Gasteiger partial charge in [-0.05, 0) is 61.3 Å². The Hall–Kier alpha value is -2.77. The average Bonchev–Trinajstić information content (AvgIpc) is 2.83. The van der Waals surface area contributed by atoms with Gasteiger partial charge in [-0.25, -0.2) is 18.7 Å². The van der Waals surface area contributed by atoms with E-state index in [1.165, 1.54) is 38.4 Å². The van der Waals surface area contributed by atoms with Crippen molar-refractivity contribution in [3.05, 3.63) is 71.0 Å². The number of halogens is 3. The van der Waals surface area contributed by atoms with Crippen molar-refractivity contribution in [1.82, 2.24) is 9.97 Å². The second kappa shape index (κ2) is 11.7. The summed E-state index contributed by atoms with van der Waals surface area (Å²) in [7, 11) is 1.50. The second-order valence-electron chi connectivity index (χ2n) is 7.56. The van der Waals surface area contributed by atoms with E-state index in [0.29, 0.717) is 29.0 Å². The third-order valence-electron chi connectivity index (χ3n) is 5.34. The fraction of sp³-hybridized carbons (Fsp3) is 0.333. The molecule has 1 aliphatic rings. The number of nitrogens with zero attached hydrogens (tertiary/aromatic N) is 2. The number of aromatic nitrogens is 2.